The third-order valence-electron chi connectivity index (χ3n) is 3.95. The second kappa shape index (κ2) is 8.29. The molecule has 0 saturated heterocycles. The van der Waals surface area contributed by atoms with Gasteiger partial charge in [-0.3, -0.25) is 9.59 Å². The molecule has 0 aliphatic rings. The third kappa shape index (κ3) is 4.95. The zero-order valence-electron chi connectivity index (χ0n) is 14.4. The molecule has 0 aliphatic carbocycles. The van der Waals surface area contributed by atoms with Crippen LogP contribution in [0.3, 0.4) is 0 Å². The van der Waals surface area contributed by atoms with Gasteiger partial charge >= 0.3 is 0 Å². The maximum Gasteiger partial charge on any atom is 0.251 e. The molecule has 0 spiro atoms. The van der Waals surface area contributed by atoms with Crippen molar-refractivity contribution in [1.82, 2.24) is 10.6 Å². The van der Waals surface area contributed by atoms with E-state index in [9.17, 15) is 9.59 Å². The van der Waals surface area contributed by atoms with Crippen molar-refractivity contribution in [2.24, 2.45) is 0 Å². The lowest BCUT2D eigenvalue weighted by atomic mass is 10.00. The molecule has 0 radical (unpaired) electrons. The molecule has 4 heteroatoms. The lowest BCUT2D eigenvalue weighted by Gasteiger charge is -2.17. The monoisotopic (exact) mass is 324 g/mol. The van der Waals surface area contributed by atoms with Gasteiger partial charge in [0.1, 0.15) is 0 Å². The van der Waals surface area contributed by atoms with Gasteiger partial charge in [0.25, 0.3) is 5.91 Å². The lowest BCUT2D eigenvalue weighted by Crippen LogP contribution is -2.32. The fourth-order valence-corrected chi connectivity index (χ4v) is 2.60. The summed E-state index contributed by atoms with van der Waals surface area (Å²) >= 11 is 0. The van der Waals surface area contributed by atoms with Crippen molar-refractivity contribution in [2.45, 2.75) is 33.2 Å². The largest absolute Gasteiger partial charge is 0.352 e. The van der Waals surface area contributed by atoms with Gasteiger partial charge in [-0.1, -0.05) is 42.0 Å². The van der Waals surface area contributed by atoms with E-state index in [4.69, 9.17) is 0 Å². The first-order valence-corrected chi connectivity index (χ1v) is 8.17. The molecule has 0 bridgehead atoms. The van der Waals surface area contributed by atoms with Crippen molar-refractivity contribution >= 4 is 11.8 Å². The summed E-state index contributed by atoms with van der Waals surface area (Å²) in [7, 11) is 0. The van der Waals surface area contributed by atoms with Crippen LogP contribution in [0.4, 0.5) is 0 Å². The maximum atomic E-state index is 12.1. The van der Waals surface area contributed by atoms with Gasteiger partial charge in [0.05, 0.1) is 6.04 Å². The van der Waals surface area contributed by atoms with E-state index in [0.717, 1.165) is 11.1 Å². The number of benzene rings is 2. The van der Waals surface area contributed by atoms with Crippen molar-refractivity contribution in [3.05, 3.63) is 70.8 Å². The van der Waals surface area contributed by atoms with Gasteiger partial charge in [-0.05, 0) is 44.0 Å². The summed E-state index contributed by atoms with van der Waals surface area (Å²) in [5, 5.41) is 5.75. The van der Waals surface area contributed by atoms with Crippen LogP contribution in [-0.4, -0.2) is 18.4 Å². The molecule has 0 aromatic heterocycles. The summed E-state index contributed by atoms with van der Waals surface area (Å²) in [5.41, 5.74) is 4.05. The third-order valence-corrected chi connectivity index (χ3v) is 3.95. The first-order chi connectivity index (χ1) is 11.5. The minimum Gasteiger partial charge on any atom is -0.352 e. The van der Waals surface area contributed by atoms with Crippen molar-refractivity contribution < 1.29 is 9.59 Å². The molecule has 1 unspecified atom stereocenters. The Morgan fingerprint density at radius 2 is 1.75 bits per heavy atom. The van der Waals surface area contributed by atoms with Crippen molar-refractivity contribution in [3.8, 4) is 0 Å². The Kier molecular flexibility index (Phi) is 6.13. The Labute approximate surface area is 143 Å². The highest BCUT2D eigenvalue weighted by molar-refractivity contribution is 5.94. The number of carbonyl (C=O) groups is 2. The minimum absolute atomic E-state index is 0.0535. The quantitative estimate of drug-likeness (QED) is 0.856. The average molecular weight is 324 g/mol. The molecular formula is C20H24N2O2. The average Bonchev–Trinajstić information content (AvgIpc) is 2.57. The van der Waals surface area contributed by atoms with Gasteiger partial charge in [-0.2, -0.15) is 0 Å². The standard InChI is InChI=1S/C20H24N2O2/c1-14-9-10-15(2)18(13-14)16(3)22-19(23)11-12-21-20(24)17-7-5-4-6-8-17/h4-10,13,16H,11-12H2,1-3H3,(H,21,24)(H,22,23). The van der Waals surface area contributed by atoms with Crippen LogP contribution >= 0.6 is 0 Å². The van der Waals surface area contributed by atoms with E-state index in [-0.39, 0.29) is 24.3 Å². The van der Waals surface area contributed by atoms with Crippen LogP contribution < -0.4 is 10.6 Å². The topological polar surface area (TPSA) is 58.2 Å². The van der Waals surface area contributed by atoms with E-state index in [1.807, 2.05) is 39.0 Å². The molecule has 2 rings (SSSR count). The summed E-state index contributed by atoms with van der Waals surface area (Å²) in [6.45, 7) is 6.37. The zero-order chi connectivity index (χ0) is 17.5. The Morgan fingerprint density at radius 3 is 2.46 bits per heavy atom. The van der Waals surface area contributed by atoms with E-state index in [2.05, 4.69) is 28.8 Å². The zero-order valence-corrected chi connectivity index (χ0v) is 14.4. The van der Waals surface area contributed by atoms with Crippen LogP contribution in [0.1, 0.15) is 46.4 Å². The van der Waals surface area contributed by atoms with Gasteiger partial charge in [0.2, 0.25) is 5.91 Å². The van der Waals surface area contributed by atoms with Gasteiger partial charge in [0, 0.05) is 18.5 Å². The van der Waals surface area contributed by atoms with Crippen LogP contribution in [0.25, 0.3) is 0 Å². The molecule has 2 aromatic rings. The van der Waals surface area contributed by atoms with Crippen molar-refractivity contribution in [1.29, 1.82) is 0 Å². The molecule has 2 amide bonds. The van der Waals surface area contributed by atoms with E-state index in [0.29, 0.717) is 12.1 Å². The van der Waals surface area contributed by atoms with Crippen LogP contribution in [0.5, 0.6) is 0 Å². The van der Waals surface area contributed by atoms with E-state index < -0.39 is 0 Å². The lowest BCUT2D eigenvalue weighted by molar-refractivity contribution is -0.121. The molecule has 2 aromatic carbocycles. The molecular weight excluding hydrogens is 300 g/mol. The summed E-state index contributed by atoms with van der Waals surface area (Å²) in [4.78, 5) is 24.0. The number of amides is 2. The minimum atomic E-state index is -0.161. The highest BCUT2D eigenvalue weighted by Gasteiger charge is 2.12. The van der Waals surface area contributed by atoms with E-state index in [1.54, 1.807) is 12.1 Å². The van der Waals surface area contributed by atoms with Crippen molar-refractivity contribution in [3.63, 3.8) is 0 Å². The maximum absolute atomic E-state index is 12.1. The van der Waals surface area contributed by atoms with E-state index >= 15 is 0 Å². The second-order valence-electron chi connectivity index (χ2n) is 6.02. The van der Waals surface area contributed by atoms with Gasteiger partial charge in [0.15, 0.2) is 0 Å². The number of hydrogen-bond donors (Lipinski definition) is 2. The molecule has 0 saturated carbocycles. The smallest absolute Gasteiger partial charge is 0.251 e. The fraction of sp³-hybridized carbons (Fsp3) is 0.300. The molecule has 2 N–H and O–H groups in total. The number of carbonyl (C=O) groups excluding carboxylic acids is 2. The summed E-state index contributed by atoms with van der Waals surface area (Å²) in [6.07, 6.45) is 0.258. The molecule has 0 heterocycles. The van der Waals surface area contributed by atoms with E-state index in [1.165, 1.54) is 5.56 Å². The molecule has 126 valence electrons. The van der Waals surface area contributed by atoms with Crippen LogP contribution in [0.2, 0.25) is 0 Å². The molecule has 24 heavy (non-hydrogen) atoms. The van der Waals surface area contributed by atoms with Gasteiger partial charge < -0.3 is 10.6 Å². The van der Waals surface area contributed by atoms with Gasteiger partial charge in [-0.25, -0.2) is 0 Å². The Morgan fingerprint density at radius 1 is 1.04 bits per heavy atom. The first kappa shape index (κ1) is 17.7. The van der Waals surface area contributed by atoms with Crippen LogP contribution in [0.15, 0.2) is 48.5 Å². The first-order valence-electron chi connectivity index (χ1n) is 8.17. The Bertz CT molecular complexity index is 711. The highest BCUT2D eigenvalue weighted by Crippen LogP contribution is 2.18. The Balaban J connectivity index is 1.81. The Hall–Kier alpha value is -2.62. The molecule has 0 aliphatic heterocycles. The number of rotatable bonds is 6. The predicted octanol–water partition coefficient (Wildman–Crippen LogP) is 3.30. The summed E-state index contributed by atoms with van der Waals surface area (Å²) in [5.74, 6) is -0.234. The van der Waals surface area contributed by atoms with Crippen LogP contribution in [-0.2, 0) is 4.79 Å². The predicted molar refractivity (Wildman–Crippen MR) is 95.9 cm³/mol. The SMILES string of the molecule is Cc1ccc(C)c(C(C)NC(=O)CCNC(=O)c2ccccc2)c1. The van der Waals surface area contributed by atoms with Crippen molar-refractivity contribution in [2.75, 3.05) is 6.54 Å². The van der Waals surface area contributed by atoms with Gasteiger partial charge in [-0.15, -0.1) is 0 Å². The van der Waals surface area contributed by atoms with Crippen LogP contribution in [0, 0.1) is 13.8 Å². The fourth-order valence-electron chi connectivity index (χ4n) is 2.60. The molecule has 1 atom stereocenters. The molecule has 0 fully saturated rings. The summed E-state index contributed by atoms with van der Waals surface area (Å²) in [6, 6.07) is 15.1. The normalized spacial score (nSPS) is 11.6. The second-order valence-corrected chi connectivity index (χ2v) is 6.02. The number of hydrogen-bond acceptors (Lipinski definition) is 2. The highest BCUT2D eigenvalue weighted by atomic mass is 16.2. The summed E-state index contributed by atoms with van der Waals surface area (Å²) < 4.78 is 0. The number of aryl methyl sites for hydroxylation is 2. The number of nitrogens with one attached hydrogen (secondary N) is 2. The molecule has 4 nitrogen and oxygen atoms in total.